The van der Waals surface area contributed by atoms with Crippen molar-refractivity contribution < 1.29 is 14.3 Å². The summed E-state index contributed by atoms with van der Waals surface area (Å²) in [4.78, 5) is 32.4. The Kier molecular flexibility index (Phi) is 5.78. The number of aliphatic imine (C=N–C) groups is 1. The van der Waals surface area contributed by atoms with E-state index >= 15 is 0 Å². The van der Waals surface area contributed by atoms with Gasteiger partial charge in [-0.3, -0.25) is 9.59 Å². The number of piperazine rings is 1. The van der Waals surface area contributed by atoms with Gasteiger partial charge >= 0.3 is 0 Å². The molecule has 136 valence electrons. The van der Waals surface area contributed by atoms with E-state index in [1.807, 2.05) is 35.2 Å². The van der Waals surface area contributed by atoms with Crippen LogP contribution in [0.15, 0.2) is 46.8 Å². The molecule has 6 nitrogen and oxygen atoms in total. The van der Waals surface area contributed by atoms with Crippen molar-refractivity contribution in [3.63, 3.8) is 0 Å². The largest absolute Gasteiger partial charge is 0.489 e. The minimum Gasteiger partial charge on any atom is -0.489 e. The maximum atomic E-state index is 12.3. The summed E-state index contributed by atoms with van der Waals surface area (Å²) in [6.45, 7) is 8.31. The molecule has 7 heteroatoms. The second kappa shape index (κ2) is 8.23. The highest BCUT2D eigenvalue weighted by Gasteiger charge is 2.29. The Hall–Kier alpha value is -2.54. The van der Waals surface area contributed by atoms with E-state index in [1.165, 1.54) is 11.8 Å². The molecule has 0 radical (unpaired) electrons. The third-order valence-electron chi connectivity index (χ3n) is 4.17. The van der Waals surface area contributed by atoms with E-state index in [4.69, 9.17) is 4.74 Å². The summed E-state index contributed by atoms with van der Waals surface area (Å²) in [5, 5.41) is 0.703. The van der Waals surface area contributed by atoms with E-state index in [2.05, 4.69) is 16.5 Å². The summed E-state index contributed by atoms with van der Waals surface area (Å²) < 4.78 is 5.64. The van der Waals surface area contributed by atoms with Crippen molar-refractivity contribution in [3.8, 4) is 5.75 Å². The van der Waals surface area contributed by atoms with Gasteiger partial charge in [0.2, 0.25) is 5.91 Å². The molecule has 1 fully saturated rings. The van der Waals surface area contributed by atoms with Crippen LogP contribution < -0.4 is 4.74 Å². The van der Waals surface area contributed by atoms with Crippen LogP contribution >= 0.6 is 11.8 Å². The number of hydrogen-bond donors (Lipinski definition) is 0. The molecule has 1 aromatic carbocycles. The molecule has 0 spiro atoms. The average molecular weight is 371 g/mol. The van der Waals surface area contributed by atoms with Gasteiger partial charge in [0.05, 0.1) is 4.91 Å². The van der Waals surface area contributed by atoms with Gasteiger partial charge in [-0.1, -0.05) is 30.9 Å². The van der Waals surface area contributed by atoms with Crippen LogP contribution in [-0.2, 0) is 9.59 Å². The zero-order chi connectivity index (χ0) is 18.5. The van der Waals surface area contributed by atoms with Gasteiger partial charge in [-0.15, -0.1) is 0 Å². The molecule has 3 rings (SSSR count). The van der Waals surface area contributed by atoms with Crippen molar-refractivity contribution in [1.82, 2.24) is 9.80 Å². The monoisotopic (exact) mass is 371 g/mol. The Labute approximate surface area is 157 Å². The van der Waals surface area contributed by atoms with Gasteiger partial charge < -0.3 is 14.5 Å². The SMILES string of the molecule is C=CCOc1ccccc1/C=C1\SC(N2CCN(C(C)=O)CC2)=NC1=O. The molecule has 0 aliphatic carbocycles. The van der Waals surface area contributed by atoms with Crippen LogP contribution in [0.5, 0.6) is 5.75 Å². The topological polar surface area (TPSA) is 62.2 Å². The van der Waals surface area contributed by atoms with Crippen molar-refractivity contribution in [2.45, 2.75) is 6.92 Å². The molecule has 0 bridgehead atoms. The van der Waals surface area contributed by atoms with E-state index in [-0.39, 0.29) is 11.8 Å². The van der Waals surface area contributed by atoms with E-state index in [0.717, 1.165) is 5.56 Å². The second-order valence-electron chi connectivity index (χ2n) is 5.94. The van der Waals surface area contributed by atoms with E-state index in [0.29, 0.717) is 48.6 Å². The molecule has 2 amide bonds. The van der Waals surface area contributed by atoms with Gasteiger partial charge in [0.25, 0.3) is 5.91 Å². The fourth-order valence-corrected chi connectivity index (χ4v) is 3.72. The van der Waals surface area contributed by atoms with Crippen LogP contribution in [-0.4, -0.2) is 59.6 Å². The molecule has 0 aromatic heterocycles. The maximum absolute atomic E-state index is 12.3. The molecule has 1 saturated heterocycles. The van der Waals surface area contributed by atoms with Gasteiger partial charge in [-0.05, 0) is 23.9 Å². The molecule has 2 aliphatic heterocycles. The molecular formula is C19H21N3O3S. The van der Waals surface area contributed by atoms with E-state index in [9.17, 15) is 9.59 Å². The predicted octanol–water partition coefficient (Wildman–Crippen LogP) is 2.39. The van der Waals surface area contributed by atoms with Crippen LogP contribution in [0, 0.1) is 0 Å². The summed E-state index contributed by atoms with van der Waals surface area (Å²) in [5.74, 6) is 0.549. The fraction of sp³-hybridized carbons (Fsp3) is 0.316. The highest BCUT2D eigenvalue weighted by atomic mass is 32.2. The number of carbonyl (C=O) groups is 2. The first-order valence-corrected chi connectivity index (χ1v) is 9.26. The second-order valence-corrected chi connectivity index (χ2v) is 6.95. The van der Waals surface area contributed by atoms with Crippen LogP contribution in [0.3, 0.4) is 0 Å². The van der Waals surface area contributed by atoms with Gasteiger partial charge in [0.15, 0.2) is 5.17 Å². The van der Waals surface area contributed by atoms with Crippen molar-refractivity contribution >= 4 is 34.8 Å². The van der Waals surface area contributed by atoms with Crippen LogP contribution in [0.25, 0.3) is 6.08 Å². The molecule has 0 N–H and O–H groups in total. The number of ether oxygens (including phenoxy) is 1. The normalized spacial score (nSPS) is 18.9. The lowest BCUT2D eigenvalue weighted by molar-refractivity contribution is -0.130. The number of para-hydroxylation sites is 1. The van der Waals surface area contributed by atoms with Crippen LogP contribution in [0.2, 0.25) is 0 Å². The Morgan fingerprint density at radius 3 is 2.73 bits per heavy atom. The Morgan fingerprint density at radius 1 is 1.31 bits per heavy atom. The number of carbonyl (C=O) groups excluding carboxylic acids is 2. The maximum Gasteiger partial charge on any atom is 0.286 e. The van der Waals surface area contributed by atoms with Gasteiger partial charge in [0.1, 0.15) is 12.4 Å². The molecule has 2 heterocycles. The summed E-state index contributed by atoms with van der Waals surface area (Å²) in [7, 11) is 0. The number of thioether (sulfide) groups is 1. The van der Waals surface area contributed by atoms with Crippen molar-refractivity contribution in [2.24, 2.45) is 4.99 Å². The zero-order valence-electron chi connectivity index (χ0n) is 14.7. The smallest absolute Gasteiger partial charge is 0.286 e. The number of hydrogen-bond acceptors (Lipinski definition) is 5. The number of amides is 2. The lowest BCUT2D eigenvalue weighted by Crippen LogP contribution is -2.49. The Balaban J connectivity index is 1.70. The first kappa shape index (κ1) is 18.3. The summed E-state index contributed by atoms with van der Waals surface area (Å²) >= 11 is 1.37. The van der Waals surface area contributed by atoms with Gasteiger partial charge in [-0.2, -0.15) is 4.99 Å². The number of benzene rings is 1. The lowest BCUT2D eigenvalue weighted by Gasteiger charge is -2.34. The molecule has 0 unspecified atom stereocenters. The summed E-state index contributed by atoms with van der Waals surface area (Å²) in [5.41, 5.74) is 0.836. The highest BCUT2D eigenvalue weighted by molar-refractivity contribution is 8.18. The van der Waals surface area contributed by atoms with Crippen LogP contribution in [0.4, 0.5) is 0 Å². The third kappa shape index (κ3) is 4.16. The number of amidine groups is 1. The van der Waals surface area contributed by atoms with E-state index in [1.54, 1.807) is 13.0 Å². The first-order chi connectivity index (χ1) is 12.6. The van der Waals surface area contributed by atoms with Gasteiger partial charge in [-0.25, -0.2) is 0 Å². The van der Waals surface area contributed by atoms with Gasteiger partial charge in [0, 0.05) is 38.7 Å². The first-order valence-electron chi connectivity index (χ1n) is 8.44. The standard InChI is InChI=1S/C19H21N3O3S/c1-3-12-25-16-7-5-4-6-15(16)13-17-18(24)20-19(26-17)22-10-8-21(9-11-22)14(2)23/h3-7,13H,1,8-12H2,2H3/b17-13-. The summed E-state index contributed by atoms with van der Waals surface area (Å²) in [6.07, 6.45) is 3.50. The third-order valence-corrected chi connectivity index (χ3v) is 5.21. The quantitative estimate of drug-likeness (QED) is 0.601. The molecule has 1 aromatic rings. The molecule has 0 saturated carbocycles. The lowest BCUT2D eigenvalue weighted by atomic mass is 10.2. The molecule has 26 heavy (non-hydrogen) atoms. The molecular weight excluding hydrogens is 350 g/mol. The van der Waals surface area contributed by atoms with Crippen molar-refractivity contribution in [1.29, 1.82) is 0 Å². The Bertz CT molecular complexity index is 780. The minimum atomic E-state index is -0.238. The Morgan fingerprint density at radius 2 is 2.04 bits per heavy atom. The number of rotatable bonds is 4. The molecule has 0 atom stereocenters. The average Bonchev–Trinajstić information content (AvgIpc) is 3.01. The minimum absolute atomic E-state index is 0.0819. The fourth-order valence-electron chi connectivity index (χ4n) is 2.77. The van der Waals surface area contributed by atoms with Crippen LogP contribution in [0.1, 0.15) is 12.5 Å². The summed E-state index contributed by atoms with van der Waals surface area (Å²) in [6, 6.07) is 7.56. The predicted molar refractivity (Wildman–Crippen MR) is 104 cm³/mol. The zero-order valence-corrected chi connectivity index (χ0v) is 15.5. The van der Waals surface area contributed by atoms with E-state index < -0.39 is 0 Å². The number of nitrogens with zero attached hydrogens (tertiary/aromatic N) is 3. The highest BCUT2D eigenvalue weighted by Crippen LogP contribution is 2.32. The van der Waals surface area contributed by atoms with Crippen molar-refractivity contribution in [3.05, 3.63) is 47.4 Å². The van der Waals surface area contributed by atoms with Crippen molar-refractivity contribution in [2.75, 3.05) is 32.8 Å². The molecule has 2 aliphatic rings.